The molecule has 22 heavy (non-hydrogen) atoms. The van der Waals surface area contributed by atoms with Crippen LogP contribution in [0.15, 0.2) is 54.2 Å². The number of carboxylic acids is 1. The number of benzene rings is 1. The number of para-hydroxylation sites is 1. The van der Waals surface area contributed by atoms with Crippen LogP contribution in [0.5, 0.6) is 5.75 Å². The van der Waals surface area contributed by atoms with Crippen molar-refractivity contribution in [3.8, 4) is 16.3 Å². The zero-order valence-electron chi connectivity index (χ0n) is 11.5. The molecule has 3 aromatic rings. The minimum atomic E-state index is -1.03. The number of aromatic carboxylic acids is 1. The van der Waals surface area contributed by atoms with Gasteiger partial charge in [-0.05, 0) is 29.8 Å². The van der Waals surface area contributed by atoms with Gasteiger partial charge >= 0.3 is 5.97 Å². The molecule has 0 saturated carbocycles. The molecule has 0 aliphatic carbocycles. The van der Waals surface area contributed by atoms with Crippen molar-refractivity contribution in [3.05, 3.63) is 65.4 Å². The van der Waals surface area contributed by atoms with Gasteiger partial charge in [0.25, 0.3) is 0 Å². The zero-order chi connectivity index (χ0) is 15.4. The Hall–Kier alpha value is -2.73. The SMILES string of the molecule is O=C(O)c1csc(-c2ccccc2OCc2ccncc2)n1. The smallest absolute Gasteiger partial charge is 0.355 e. The number of rotatable bonds is 5. The van der Waals surface area contributed by atoms with E-state index < -0.39 is 5.97 Å². The maximum atomic E-state index is 10.9. The lowest BCUT2D eigenvalue weighted by atomic mass is 10.2. The molecule has 2 aromatic heterocycles. The number of nitrogens with zero attached hydrogens (tertiary/aromatic N) is 2. The molecule has 0 saturated heterocycles. The lowest BCUT2D eigenvalue weighted by Gasteiger charge is -2.09. The van der Waals surface area contributed by atoms with Crippen molar-refractivity contribution in [2.24, 2.45) is 0 Å². The minimum absolute atomic E-state index is 0.0453. The lowest BCUT2D eigenvalue weighted by molar-refractivity contribution is 0.0691. The monoisotopic (exact) mass is 312 g/mol. The highest BCUT2D eigenvalue weighted by Gasteiger charge is 2.13. The fourth-order valence-electron chi connectivity index (χ4n) is 1.90. The van der Waals surface area contributed by atoms with Crippen molar-refractivity contribution in [1.29, 1.82) is 0 Å². The Morgan fingerprint density at radius 1 is 1.18 bits per heavy atom. The number of carbonyl (C=O) groups is 1. The third kappa shape index (κ3) is 3.12. The summed E-state index contributed by atoms with van der Waals surface area (Å²) < 4.78 is 5.84. The highest BCUT2D eigenvalue weighted by Crippen LogP contribution is 2.32. The Morgan fingerprint density at radius 3 is 2.68 bits per heavy atom. The predicted octanol–water partition coefficient (Wildman–Crippen LogP) is 3.48. The first-order valence-electron chi connectivity index (χ1n) is 6.54. The van der Waals surface area contributed by atoms with E-state index in [0.717, 1.165) is 11.1 Å². The first kappa shape index (κ1) is 14.2. The van der Waals surface area contributed by atoms with E-state index in [2.05, 4.69) is 9.97 Å². The van der Waals surface area contributed by atoms with Crippen LogP contribution in [-0.4, -0.2) is 21.0 Å². The van der Waals surface area contributed by atoms with Gasteiger partial charge in [0, 0.05) is 17.8 Å². The molecule has 0 radical (unpaired) electrons. The van der Waals surface area contributed by atoms with Gasteiger partial charge in [-0.1, -0.05) is 12.1 Å². The minimum Gasteiger partial charge on any atom is -0.488 e. The summed E-state index contributed by atoms with van der Waals surface area (Å²) in [5, 5.41) is 11.1. The molecule has 6 heteroatoms. The maximum Gasteiger partial charge on any atom is 0.355 e. The van der Waals surface area contributed by atoms with Gasteiger partial charge in [-0.15, -0.1) is 11.3 Å². The van der Waals surface area contributed by atoms with Crippen LogP contribution in [0.1, 0.15) is 16.1 Å². The molecule has 0 bridgehead atoms. The fourth-order valence-corrected chi connectivity index (χ4v) is 2.73. The molecule has 0 aliphatic rings. The van der Waals surface area contributed by atoms with Crippen LogP contribution < -0.4 is 4.74 Å². The van der Waals surface area contributed by atoms with E-state index in [0.29, 0.717) is 17.4 Å². The summed E-state index contributed by atoms with van der Waals surface area (Å²) >= 11 is 1.28. The summed E-state index contributed by atoms with van der Waals surface area (Å²) in [5.74, 6) is -0.358. The molecule has 110 valence electrons. The molecular formula is C16H12N2O3S. The molecule has 0 amide bonds. The summed E-state index contributed by atoms with van der Waals surface area (Å²) in [5.41, 5.74) is 1.84. The van der Waals surface area contributed by atoms with Crippen LogP contribution in [0.4, 0.5) is 0 Å². The van der Waals surface area contributed by atoms with Crippen LogP contribution >= 0.6 is 11.3 Å². The Balaban J connectivity index is 1.84. The van der Waals surface area contributed by atoms with Gasteiger partial charge in [0.2, 0.25) is 0 Å². The van der Waals surface area contributed by atoms with Crippen molar-refractivity contribution >= 4 is 17.3 Å². The highest BCUT2D eigenvalue weighted by molar-refractivity contribution is 7.13. The molecule has 3 rings (SSSR count). The number of aromatic nitrogens is 2. The number of hydrogen-bond acceptors (Lipinski definition) is 5. The van der Waals surface area contributed by atoms with Crippen LogP contribution in [0, 0.1) is 0 Å². The van der Waals surface area contributed by atoms with E-state index in [1.807, 2.05) is 36.4 Å². The van der Waals surface area contributed by atoms with Gasteiger partial charge in [-0.3, -0.25) is 4.98 Å². The molecule has 0 fully saturated rings. The second-order valence-corrected chi connectivity index (χ2v) is 5.34. The largest absolute Gasteiger partial charge is 0.488 e. The summed E-state index contributed by atoms with van der Waals surface area (Å²) in [4.78, 5) is 19.0. The Labute approximate surface area is 130 Å². The third-order valence-corrected chi connectivity index (χ3v) is 3.86. The fraction of sp³-hybridized carbons (Fsp3) is 0.0625. The van der Waals surface area contributed by atoms with E-state index in [4.69, 9.17) is 9.84 Å². The maximum absolute atomic E-state index is 10.9. The van der Waals surface area contributed by atoms with Crippen LogP contribution in [0.3, 0.4) is 0 Å². The number of ether oxygens (including phenoxy) is 1. The van der Waals surface area contributed by atoms with Crippen molar-refractivity contribution in [2.45, 2.75) is 6.61 Å². The van der Waals surface area contributed by atoms with Crippen molar-refractivity contribution in [2.75, 3.05) is 0 Å². The number of hydrogen-bond donors (Lipinski definition) is 1. The van der Waals surface area contributed by atoms with Gasteiger partial charge < -0.3 is 9.84 Å². The molecular weight excluding hydrogens is 300 g/mol. The van der Waals surface area contributed by atoms with E-state index in [1.165, 1.54) is 16.7 Å². The number of thiazole rings is 1. The quantitative estimate of drug-likeness (QED) is 0.781. The van der Waals surface area contributed by atoms with Crippen LogP contribution in [0.25, 0.3) is 10.6 Å². The van der Waals surface area contributed by atoms with E-state index in [1.54, 1.807) is 12.4 Å². The average Bonchev–Trinajstić information content (AvgIpc) is 3.04. The summed E-state index contributed by atoms with van der Waals surface area (Å²) in [6.45, 7) is 0.413. The lowest BCUT2D eigenvalue weighted by Crippen LogP contribution is -1.98. The molecule has 1 N–H and O–H groups in total. The van der Waals surface area contributed by atoms with Gasteiger partial charge in [0.1, 0.15) is 17.4 Å². The third-order valence-electron chi connectivity index (χ3n) is 2.98. The standard InChI is InChI=1S/C16H12N2O3S/c19-16(20)13-10-22-15(18-13)12-3-1-2-4-14(12)21-9-11-5-7-17-8-6-11/h1-8,10H,9H2,(H,19,20). The first-order valence-corrected chi connectivity index (χ1v) is 7.42. The summed E-state index contributed by atoms with van der Waals surface area (Å²) in [7, 11) is 0. The number of pyridine rings is 1. The number of carboxylic acid groups (broad SMARTS) is 1. The van der Waals surface area contributed by atoms with Crippen LogP contribution in [-0.2, 0) is 6.61 Å². The van der Waals surface area contributed by atoms with E-state index in [-0.39, 0.29) is 5.69 Å². The van der Waals surface area contributed by atoms with Gasteiger partial charge in [-0.2, -0.15) is 0 Å². The molecule has 2 heterocycles. The summed E-state index contributed by atoms with van der Waals surface area (Å²) in [6, 6.07) is 11.2. The predicted molar refractivity (Wildman–Crippen MR) is 83.1 cm³/mol. The van der Waals surface area contributed by atoms with Gasteiger partial charge in [0.15, 0.2) is 5.69 Å². The molecule has 0 atom stereocenters. The summed E-state index contributed by atoms with van der Waals surface area (Å²) in [6.07, 6.45) is 3.43. The second kappa shape index (κ2) is 6.36. The normalized spacial score (nSPS) is 10.4. The molecule has 1 aromatic carbocycles. The first-order chi connectivity index (χ1) is 10.7. The molecule has 0 spiro atoms. The molecule has 0 unspecified atom stereocenters. The second-order valence-electron chi connectivity index (χ2n) is 4.48. The van der Waals surface area contributed by atoms with Gasteiger partial charge in [-0.25, -0.2) is 9.78 Å². The highest BCUT2D eigenvalue weighted by atomic mass is 32.1. The Morgan fingerprint density at radius 2 is 1.95 bits per heavy atom. The molecule has 0 aliphatic heterocycles. The van der Waals surface area contributed by atoms with Crippen molar-refractivity contribution in [3.63, 3.8) is 0 Å². The zero-order valence-corrected chi connectivity index (χ0v) is 12.3. The molecule has 5 nitrogen and oxygen atoms in total. The van der Waals surface area contributed by atoms with Gasteiger partial charge in [0.05, 0.1) is 5.56 Å². The van der Waals surface area contributed by atoms with E-state index in [9.17, 15) is 4.79 Å². The average molecular weight is 312 g/mol. The van der Waals surface area contributed by atoms with Crippen molar-refractivity contribution in [1.82, 2.24) is 9.97 Å². The Kier molecular flexibility index (Phi) is 4.11. The van der Waals surface area contributed by atoms with Crippen molar-refractivity contribution < 1.29 is 14.6 Å². The van der Waals surface area contributed by atoms with Crippen LogP contribution in [0.2, 0.25) is 0 Å². The Bertz CT molecular complexity index is 787. The van der Waals surface area contributed by atoms with E-state index >= 15 is 0 Å². The topological polar surface area (TPSA) is 72.3 Å².